The number of carbonyl (C=O) groups excluding carboxylic acids is 1. The zero-order valence-corrected chi connectivity index (χ0v) is 10.9. The third kappa shape index (κ3) is 6.29. The molecule has 0 aromatic heterocycles. The smallest absolute Gasteiger partial charge is 0.285 e. The molecule has 0 aliphatic carbocycles. The molecule has 0 aliphatic heterocycles. The number of amides is 1. The van der Waals surface area contributed by atoms with E-state index >= 15 is 0 Å². The molecule has 12 heavy (non-hydrogen) atoms. The van der Waals surface area contributed by atoms with Gasteiger partial charge < -0.3 is 5.32 Å². The van der Waals surface area contributed by atoms with Crippen LogP contribution in [-0.2, 0) is 14.9 Å². The van der Waals surface area contributed by atoms with Crippen LogP contribution in [0.5, 0.6) is 0 Å². The van der Waals surface area contributed by atoms with Crippen molar-refractivity contribution in [3.8, 4) is 0 Å². The average Bonchev–Trinajstić information content (AvgIpc) is 1.85. The quantitative estimate of drug-likeness (QED) is 0.367. The number of carbonyl (C=O) groups is 1. The van der Waals surface area contributed by atoms with E-state index in [1.54, 1.807) is 0 Å². The van der Waals surface area contributed by atoms with Crippen LogP contribution in [0.15, 0.2) is 12.7 Å². The summed E-state index contributed by atoms with van der Waals surface area (Å²) in [5.41, 5.74) is 0. The summed E-state index contributed by atoms with van der Waals surface area (Å²) in [6.45, 7) is 4.26. The summed E-state index contributed by atoms with van der Waals surface area (Å²) >= 11 is 0. The Balaban J connectivity index is 0. The number of hydrogen-bond donors (Lipinski definition) is 2. The van der Waals surface area contributed by atoms with Gasteiger partial charge in [-0.1, -0.05) is 6.58 Å². The molecule has 0 aromatic rings. The zero-order chi connectivity index (χ0) is 9.07. The van der Waals surface area contributed by atoms with Crippen molar-refractivity contribution >= 4 is 67.4 Å². The van der Waals surface area contributed by atoms with Gasteiger partial charge >= 0.3 is 0 Å². The van der Waals surface area contributed by atoms with Gasteiger partial charge in [-0.05, 0) is 13.0 Å². The van der Waals surface area contributed by atoms with Crippen LogP contribution in [0.25, 0.3) is 0 Å². The third-order valence-electron chi connectivity index (χ3n) is 0.978. The second-order valence-electron chi connectivity index (χ2n) is 1.87. The molecule has 5 nitrogen and oxygen atoms in total. The van der Waals surface area contributed by atoms with Crippen molar-refractivity contribution in [1.82, 2.24) is 5.32 Å². The number of nitrogens with one attached hydrogen (secondary N) is 1. The van der Waals surface area contributed by atoms with Gasteiger partial charge in [-0.3, -0.25) is 9.35 Å². The number of hydrogen-bond acceptors (Lipinski definition) is 3. The second kappa shape index (κ2) is 6.25. The maximum Gasteiger partial charge on any atom is 0.285 e. The van der Waals surface area contributed by atoms with Crippen LogP contribution >= 0.6 is 0 Å². The third-order valence-corrected chi connectivity index (χ3v) is 1.99. The van der Waals surface area contributed by atoms with Gasteiger partial charge in [-0.2, -0.15) is 8.42 Å². The predicted octanol–water partition coefficient (Wildman–Crippen LogP) is -0.858. The molecular formula is C5H9KNO4S. The first-order valence-electron chi connectivity index (χ1n) is 2.77. The fourth-order valence-corrected chi connectivity index (χ4v) is 0.599. The Morgan fingerprint density at radius 2 is 2.08 bits per heavy atom. The molecule has 1 atom stereocenters. The van der Waals surface area contributed by atoms with Gasteiger partial charge in [-0.15, -0.1) is 0 Å². The zero-order valence-electron chi connectivity index (χ0n) is 6.94. The minimum absolute atomic E-state index is 0. The maximum absolute atomic E-state index is 10.5. The van der Waals surface area contributed by atoms with Gasteiger partial charge in [0.15, 0.2) is 5.37 Å². The molecule has 0 heterocycles. The van der Waals surface area contributed by atoms with E-state index < -0.39 is 21.4 Å². The van der Waals surface area contributed by atoms with Gasteiger partial charge in [-0.25, -0.2) is 0 Å². The molecule has 7 heteroatoms. The van der Waals surface area contributed by atoms with Crippen molar-refractivity contribution in [2.75, 3.05) is 0 Å². The molecule has 2 N–H and O–H groups in total. The Kier molecular flexibility index (Phi) is 7.93. The topological polar surface area (TPSA) is 83.5 Å². The molecule has 0 aromatic carbocycles. The Hall–Kier alpha value is 0.756. The summed E-state index contributed by atoms with van der Waals surface area (Å²) in [5, 5.41) is 0.676. The van der Waals surface area contributed by atoms with Gasteiger partial charge in [0, 0.05) is 51.4 Å². The average molecular weight is 218 g/mol. The van der Waals surface area contributed by atoms with Crippen LogP contribution in [-0.4, -0.2) is 75.6 Å². The molecule has 0 saturated heterocycles. The predicted molar refractivity (Wildman–Crippen MR) is 45.1 cm³/mol. The first kappa shape index (κ1) is 15.2. The first-order valence-corrected chi connectivity index (χ1v) is 4.27. The number of rotatable bonds is 3. The summed E-state index contributed by atoms with van der Waals surface area (Å²) in [7, 11) is -4.19. The van der Waals surface area contributed by atoms with E-state index in [1.165, 1.54) is 0 Å². The van der Waals surface area contributed by atoms with Crippen LogP contribution in [0.1, 0.15) is 6.92 Å². The van der Waals surface area contributed by atoms with Crippen molar-refractivity contribution in [3.05, 3.63) is 12.7 Å². The van der Waals surface area contributed by atoms with Crippen LogP contribution in [0.3, 0.4) is 0 Å². The normalized spacial score (nSPS) is 12.5. The molecule has 0 fully saturated rings. The minimum Gasteiger partial charge on any atom is -0.334 e. The van der Waals surface area contributed by atoms with E-state index in [0.717, 1.165) is 13.0 Å². The Morgan fingerprint density at radius 1 is 1.67 bits per heavy atom. The molecule has 0 bridgehead atoms. The van der Waals surface area contributed by atoms with Crippen molar-refractivity contribution in [2.45, 2.75) is 12.3 Å². The van der Waals surface area contributed by atoms with E-state index in [-0.39, 0.29) is 51.4 Å². The monoisotopic (exact) mass is 218 g/mol. The molecule has 1 unspecified atom stereocenters. The van der Waals surface area contributed by atoms with Crippen molar-refractivity contribution in [2.24, 2.45) is 0 Å². The summed E-state index contributed by atoms with van der Waals surface area (Å²) in [5.74, 6) is -0.643. The fourth-order valence-electron chi connectivity index (χ4n) is 0.334. The molecule has 65 valence electrons. The van der Waals surface area contributed by atoms with E-state index in [9.17, 15) is 13.2 Å². The van der Waals surface area contributed by atoms with Crippen LogP contribution in [0.4, 0.5) is 0 Å². The second-order valence-corrected chi connectivity index (χ2v) is 3.61. The van der Waals surface area contributed by atoms with E-state index in [4.69, 9.17) is 4.55 Å². The molecule has 0 rings (SSSR count). The Bertz CT molecular complexity index is 261. The molecule has 0 saturated carbocycles. The molecule has 1 radical (unpaired) electrons. The van der Waals surface area contributed by atoms with E-state index in [1.807, 2.05) is 5.32 Å². The minimum atomic E-state index is -4.19. The summed E-state index contributed by atoms with van der Waals surface area (Å²) < 4.78 is 28.9. The largest absolute Gasteiger partial charge is 0.334 e. The maximum atomic E-state index is 10.5. The first-order chi connectivity index (χ1) is 4.88. The Labute approximate surface area is 114 Å². The molecule has 0 aliphatic rings. The fraction of sp³-hybridized carbons (Fsp3) is 0.400. The summed E-state index contributed by atoms with van der Waals surface area (Å²) in [6, 6.07) is 0. The van der Waals surface area contributed by atoms with Crippen LogP contribution in [0, 0.1) is 0 Å². The standard InChI is InChI=1S/C5H9NO4S.K/c1-3-5(7)6-4(2)11(8,9)10;/h3-4H,1H2,2H3,(H,6,7)(H,8,9,10);. The van der Waals surface area contributed by atoms with Gasteiger partial charge in [0.1, 0.15) is 0 Å². The van der Waals surface area contributed by atoms with Crippen molar-refractivity contribution in [1.29, 1.82) is 0 Å². The van der Waals surface area contributed by atoms with Crippen molar-refractivity contribution in [3.63, 3.8) is 0 Å². The molecule has 0 spiro atoms. The Morgan fingerprint density at radius 3 is 2.33 bits per heavy atom. The van der Waals surface area contributed by atoms with Crippen molar-refractivity contribution < 1.29 is 17.8 Å². The van der Waals surface area contributed by atoms with Crippen LogP contribution < -0.4 is 5.32 Å². The van der Waals surface area contributed by atoms with Gasteiger partial charge in [0.2, 0.25) is 5.91 Å². The molecular weight excluding hydrogens is 209 g/mol. The summed E-state index contributed by atoms with van der Waals surface area (Å²) in [4.78, 5) is 10.5. The van der Waals surface area contributed by atoms with E-state index in [0.29, 0.717) is 0 Å². The SMILES string of the molecule is C=CC(=O)NC(C)S(=O)(=O)O.[K]. The van der Waals surface area contributed by atoms with Gasteiger partial charge in [0.25, 0.3) is 10.1 Å². The van der Waals surface area contributed by atoms with Gasteiger partial charge in [0.05, 0.1) is 0 Å². The molecule has 1 amide bonds. The summed E-state index contributed by atoms with van der Waals surface area (Å²) in [6.07, 6.45) is 0.918. The van der Waals surface area contributed by atoms with E-state index in [2.05, 4.69) is 6.58 Å². The van der Waals surface area contributed by atoms with Crippen LogP contribution in [0.2, 0.25) is 0 Å².